The van der Waals surface area contributed by atoms with Crippen LogP contribution in [0, 0.1) is 23.4 Å². The van der Waals surface area contributed by atoms with E-state index in [9.17, 15) is 18.0 Å². The number of hydrogen-bond acceptors (Lipinski definition) is 2. The number of carbonyl (C=O) groups is 1. The summed E-state index contributed by atoms with van der Waals surface area (Å²) in [4.78, 5) is 11.7. The summed E-state index contributed by atoms with van der Waals surface area (Å²) in [5.74, 6) is -3.05. The van der Waals surface area contributed by atoms with E-state index in [4.69, 9.17) is 0 Å². The SMILES string of the molecule is CC(C)CCNC(=O)C(C)Nc1c(F)cc(F)cc1F. The van der Waals surface area contributed by atoms with Gasteiger partial charge in [0.2, 0.25) is 5.91 Å². The fourth-order valence-corrected chi connectivity index (χ4v) is 1.60. The van der Waals surface area contributed by atoms with Crippen LogP contribution in [0.3, 0.4) is 0 Å². The van der Waals surface area contributed by atoms with Crippen LogP contribution in [0.15, 0.2) is 12.1 Å². The molecule has 0 aliphatic carbocycles. The van der Waals surface area contributed by atoms with Crippen LogP contribution in [-0.4, -0.2) is 18.5 Å². The summed E-state index contributed by atoms with van der Waals surface area (Å²) in [6, 6.07) is 0.306. The van der Waals surface area contributed by atoms with Crippen LogP contribution < -0.4 is 10.6 Å². The third-order valence-electron chi connectivity index (χ3n) is 2.78. The van der Waals surface area contributed by atoms with Crippen molar-refractivity contribution in [3.63, 3.8) is 0 Å². The normalized spacial score (nSPS) is 12.3. The molecule has 0 saturated heterocycles. The first-order chi connectivity index (χ1) is 9.31. The number of amides is 1. The highest BCUT2D eigenvalue weighted by Crippen LogP contribution is 2.20. The zero-order valence-corrected chi connectivity index (χ0v) is 11.8. The average molecular weight is 288 g/mol. The molecule has 20 heavy (non-hydrogen) atoms. The van der Waals surface area contributed by atoms with Gasteiger partial charge in [-0.2, -0.15) is 0 Å². The smallest absolute Gasteiger partial charge is 0.242 e. The van der Waals surface area contributed by atoms with Gasteiger partial charge in [-0.3, -0.25) is 4.79 Å². The summed E-state index contributed by atoms with van der Waals surface area (Å²) in [6.07, 6.45) is 0.817. The molecule has 1 rings (SSSR count). The molecule has 0 heterocycles. The lowest BCUT2D eigenvalue weighted by Crippen LogP contribution is -2.38. The van der Waals surface area contributed by atoms with E-state index in [1.165, 1.54) is 6.92 Å². The lowest BCUT2D eigenvalue weighted by molar-refractivity contribution is -0.121. The van der Waals surface area contributed by atoms with Crippen molar-refractivity contribution in [1.82, 2.24) is 5.32 Å². The molecular weight excluding hydrogens is 269 g/mol. The minimum atomic E-state index is -1.07. The van der Waals surface area contributed by atoms with Gasteiger partial charge in [0.05, 0.1) is 0 Å². The molecule has 1 unspecified atom stereocenters. The van der Waals surface area contributed by atoms with Crippen molar-refractivity contribution >= 4 is 11.6 Å². The number of hydrogen-bond donors (Lipinski definition) is 2. The summed E-state index contributed by atoms with van der Waals surface area (Å²) in [5, 5.41) is 5.08. The second-order valence-electron chi connectivity index (χ2n) is 5.08. The third kappa shape index (κ3) is 4.75. The Bertz CT molecular complexity index is 454. The molecule has 0 aliphatic heterocycles. The van der Waals surface area contributed by atoms with Crippen molar-refractivity contribution in [1.29, 1.82) is 0 Å². The highest BCUT2D eigenvalue weighted by Gasteiger charge is 2.18. The number of halogens is 3. The van der Waals surface area contributed by atoms with Crippen LogP contribution in [0.1, 0.15) is 27.2 Å². The highest BCUT2D eigenvalue weighted by atomic mass is 19.1. The van der Waals surface area contributed by atoms with E-state index in [-0.39, 0.29) is 5.91 Å². The molecule has 1 aromatic carbocycles. The number of nitrogens with one attached hydrogen (secondary N) is 2. The number of carbonyl (C=O) groups excluding carboxylic acids is 1. The minimum absolute atomic E-state index is 0.367. The predicted octanol–water partition coefficient (Wildman–Crippen LogP) is 3.07. The molecule has 0 spiro atoms. The zero-order valence-electron chi connectivity index (χ0n) is 11.8. The maximum absolute atomic E-state index is 13.4. The van der Waals surface area contributed by atoms with Gasteiger partial charge in [-0.1, -0.05) is 13.8 Å². The van der Waals surface area contributed by atoms with Gasteiger partial charge in [-0.05, 0) is 19.3 Å². The molecule has 0 fully saturated rings. The van der Waals surface area contributed by atoms with Crippen LogP contribution in [0.5, 0.6) is 0 Å². The Hall–Kier alpha value is -1.72. The van der Waals surface area contributed by atoms with Crippen LogP contribution in [0.25, 0.3) is 0 Å². The topological polar surface area (TPSA) is 41.1 Å². The number of anilines is 1. The van der Waals surface area contributed by atoms with Crippen LogP contribution in [0.2, 0.25) is 0 Å². The van der Waals surface area contributed by atoms with Gasteiger partial charge in [0.15, 0.2) is 11.6 Å². The first kappa shape index (κ1) is 16.3. The van der Waals surface area contributed by atoms with Gasteiger partial charge >= 0.3 is 0 Å². The van der Waals surface area contributed by atoms with Gasteiger partial charge in [0, 0.05) is 18.7 Å². The molecule has 0 aliphatic rings. The van der Waals surface area contributed by atoms with Crippen LogP contribution in [0.4, 0.5) is 18.9 Å². The second-order valence-corrected chi connectivity index (χ2v) is 5.08. The van der Waals surface area contributed by atoms with Crippen molar-refractivity contribution < 1.29 is 18.0 Å². The molecule has 0 bridgehead atoms. The van der Waals surface area contributed by atoms with Gasteiger partial charge in [-0.15, -0.1) is 0 Å². The van der Waals surface area contributed by atoms with E-state index < -0.39 is 29.2 Å². The Balaban J connectivity index is 2.62. The summed E-state index contributed by atoms with van der Waals surface area (Å²) >= 11 is 0. The molecule has 1 amide bonds. The Kier molecular flexibility index (Phi) is 5.85. The molecule has 0 saturated carbocycles. The maximum atomic E-state index is 13.4. The number of benzene rings is 1. The summed E-state index contributed by atoms with van der Waals surface area (Å²) in [7, 11) is 0. The molecule has 112 valence electrons. The first-order valence-corrected chi connectivity index (χ1v) is 6.50. The van der Waals surface area contributed by atoms with E-state index in [2.05, 4.69) is 10.6 Å². The van der Waals surface area contributed by atoms with E-state index in [0.717, 1.165) is 6.42 Å². The Morgan fingerprint density at radius 3 is 2.20 bits per heavy atom. The molecule has 1 aromatic rings. The first-order valence-electron chi connectivity index (χ1n) is 6.50. The quantitative estimate of drug-likeness (QED) is 0.844. The standard InChI is InChI=1S/C14H19F3N2O/c1-8(2)4-5-18-14(20)9(3)19-13-11(16)6-10(15)7-12(13)17/h6-9,19H,4-5H2,1-3H3,(H,18,20). The van der Waals surface area contributed by atoms with E-state index in [1.54, 1.807) is 0 Å². The van der Waals surface area contributed by atoms with Crippen LogP contribution >= 0.6 is 0 Å². The van der Waals surface area contributed by atoms with Gasteiger partial charge in [0.25, 0.3) is 0 Å². The minimum Gasteiger partial charge on any atom is -0.369 e. The number of rotatable bonds is 6. The predicted molar refractivity (Wildman–Crippen MR) is 71.9 cm³/mol. The van der Waals surface area contributed by atoms with E-state index in [1.807, 2.05) is 13.8 Å². The van der Waals surface area contributed by atoms with Crippen molar-refractivity contribution in [2.24, 2.45) is 5.92 Å². The van der Waals surface area contributed by atoms with Crippen molar-refractivity contribution in [3.8, 4) is 0 Å². The molecule has 1 atom stereocenters. The van der Waals surface area contributed by atoms with Gasteiger partial charge in [-0.25, -0.2) is 13.2 Å². The Morgan fingerprint density at radius 1 is 1.15 bits per heavy atom. The van der Waals surface area contributed by atoms with Gasteiger partial charge in [0.1, 0.15) is 17.5 Å². The highest BCUT2D eigenvalue weighted by molar-refractivity contribution is 5.84. The lowest BCUT2D eigenvalue weighted by Gasteiger charge is -2.16. The summed E-state index contributed by atoms with van der Waals surface area (Å²) in [5.41, 5.74) is -0.502. The summed E-state index contributed by atoms with van der Waals surface area (Å²) in [6.45, 7) is 6.03. The molecule has 6 heteroatoms. The fraction of sp³-hybridized carbons (Fsp3) is 0.500. The Morgan fingerprint density at radius 2 is 1.70 bits per heavy atom. The van der Waals surface area contributed by atoms with Crippen molar-refractivity contribution in [2.75, 3.05) is 11.9 Å². The van der Waals surface area contributed by atoms with Crippen LogP contribution in [-0.2, 0) is 4.79 Å². The van der Waals surface area contributed by atoms with E-state index >= 15 is 0 Å². The van der Waals surface area contributed by atoms with Crippen molar-refractivity contribution in [2.45, 2.75) is 33.2 Å². The van der Waals surface area contributed by atoms with E-state index in [0.29, 0.717) is 24.6 Å². The molecular formula is C14H19F3N2O. The molecule has 0 aromatic heterocycles. The second kappa shape index (κ2) is 7.17. The molecule has 0 radical (unpaired) electrons. The summed E-state index contributed by atoms with van der Waals surface area (Å²) < 4.78 is 39.6. The monoisotopic (exact) mass is 288 g/mol. The zero-order chi connectivity index (χ0) is 15.3. The fourth-order valence-electron chi connectivity index (χ4n) is 1.60. The maximum Gasteiger partial charge on any atom is 0.242 e. The van der Waals surface area contributed by atoms with Gasteiger partial charge < -0.3 is 10.6 Å². The third-order valence-corrected chi connectivity index (χ3v) is 2.78. The average Bonchev–Trinajstić information content (AvgIpc) is 2.32. The lowest BCUT2D eigenvalue weighted by atomic mass is 10.1. The largest absolute Gasteiger partial charge is 0.369 e. The molecule has 2 N–H and O–H groups in total. The van der Waals surface area contributed by atoms with Crippen molar-refractivity contribution in [3.05, 3.63) is 29.6 Å². The Labute approximate surface area is 116 Å². The molecule has 3 nitrogen and oxygen atoms in total.